The molecule has 2 rings (SSSR count). The molecule has 0 aliphatic carbocycles. The molecule has 1 aliphatic rings. The number of piperidine rings is 1. The standard InChI is InChI=1S/C14H25N5O/c1-3-11(2)13(15)14(20)18-7-4-12(5-8-18)10-19-9-6-16-17-19/h6,9,11-13H,3-5,7-8,10,15H2,1-2H3/t11-,13-/m0/s1. The third-order valence-corrected chi connectivity index (χ3v) is 4.39. The van der Waals surface area contributed by atoms with E-state index in [0.717, 1.165) is 38.9 Å². The number of hydrogen-bond acceptors (Lipinski definition) is 4. The van der Waals surface area contributed by atoms with Crippen molar-refractivity contribution in [2.75, 3.05) is 13.1 Å². The first kappa shape index (κ1) is 15.0. The van der Waals surface area contributed by atoms with Gasteiger partial charge in [-0.2, -0.15) is 0 Å². The van der Waals surface area contributed by atoms with Gasteiger partial charge < -0.3 is 10.6 Å². The summed E-state index contributed by atoms with van der Waals surface area (Å²) in [6, 6.07) is -0.355. The number of hydrogen-bond donors (Lipinski definition) is 1. The van der Waals surface area contributed by atoms with E-state index in [-0.39, 0.29) is 17.9 Å². The van der Waals surface area contributed by atoms with Crippen LogP contribution in [0.4, 0.5) is 0 Å². The molecule has 2 heterocycles. The van der Waals surface area contributed by atoms with E-state index >= 15 is 0 Å². The van der Waals surface area contributed by atoms with Crippen LogP contribution in [0.2, 0.25) is 0 Å². The number of carbonyl (C=O) groups excluding carboxylic acids is 1. The monoisotopic (exact) mass is 279 g/mol. The van der Waals surface area contributed by atoms with Crippen molar-refractivity contribution in [2.45, 2.75) is 45.7 Å². The summed E-state index contributed by atoms with van der Waals surface area (Å²) in [7, 11) is 0. The summed E-state index contributed by atoms with van der Waals surface area (Å²) in [6.07, 6.45) is 6.55. The highest BCUT2D eigenvalue weighted by atomic mass is 16.2. The van der Waals surface area contributed by atoms with Gasteiger partial charge in [-0.05, 0) is 24.7 Å². The maximum atomic E-state index is 12.3. The predicted molar refractivity (Wildman–Crippen MR) is 76.8 cm³/mol. The van der Waals surface area contributed by atoms with Gasteiger partial charge in [-0.3, -0.25) is 9.48 Å². The molecular weight excluding hydrogens is 254 g/mol. The highest BCUT2D eigenvalue weighted by Gasteiger charge is 2.28. The summed E-state index contributed by atoms with van der Waals surface area (Å²) in [4.78, 5) is 14.2. The summed E-state index contributed by atoms with van der Waals surface area (Å²) in [5.74, 6) is 0.925. The van der Waals surface area contributed by atoms with E-state index in [1.165, 1.54) is 0 Å². The van der Waals surface area contributed by atoms with Crippen molar-refractivity contribution in [3.63, 3.8) is 0 Å². The zero-order chi connectivity index (χ0) is 14.5. The SMILES string of the molecule is CC[C@H](C)[C@H](N)C(=O)N1CCC(Cn2ccnn2)CC1. The fraction of sp³-hybridized carbons (Fsp3) is 0.786. The Balaban J connectivity index is 1.80. The lowest BCUT2D eigenvalue weighted by atomic mass is 9.94. The average molecular weight is 279 g/mol. The second kappa shape index (κ2) is 6.83. The number of carbonyl (C=O) groups is 1. The fourth-order valence-electron chi connectivity index (χ4n) is 2.64. The number of amides is 1. The van der Waals surface area contributed by atoms with Gasteiger partial charge in [0.05, 0.1) is 12.2 Å². The van der Waals surface area contributed by atoms with Crippen molar-refractivity contribution in [2.24, 2.45) is 17.6 Å². The minimum absolute atomic E-state index is 0.110. The first-order chi connectivity index (χ1) is 9.61. The van der Waals surface area contributed by atoms with Gasteiger partial charge in [0.25, 0.3) is 0 Å². The zero-order valence-corrected chi connectivity index (χ0v) is 12.4. The maximum absolute atomic E-state index is 12.3. The first-order valence-corrected chi connectivity index (χ1v) is 7.50. The van der Waals surface area contributed by atoms with Crippen molar-refractivity contribution in [3.8, 4) is 0 Å². The molecule has 6 nitrogen and oxygen atoms in total. The van der Waals surface area contributed by atoms with Gasteiger partial charge in [-0.25, -0.2) is 0 Å². The quantitative estimate of drug-likeness (QED) is 0.868. The van der Waals surface area contributed by atoms with Crippen LogP contribution < -0.4 is 5.73 Å². The van der Waals surface area contributed by atoms with Crippen molar-refractivity contribution in [1.29, 1.82) is 0 Å². The smallest absolute Gasteiger partial charge is 0.239 e. The topological polar surface area (TPSA) is 77.0 Å². The number of rotatable bonds is 5. The second-order valence-corrected chi connectivity index (χ2v) is 5.81. The Bertz CT molecular complexity index is 411. The summed E-state index contributed by atoms with van der Waals surface area (Å²) in [6.45, 7) is 6.62. The number of nitrogens with zero attached hydrogens (tertiary/aromatic N) is 4. The Kier molecular flexibility index (Phi) is 5.11. The van der Waals surface area contributed by atoms with E-state index < -0.39 is 0 Å². The lowest BCUT2D eigenvalue weighted by Gasteiger charge is -2.34. The van der Waals surface area contributed by atoms with E-state index in [1.54, 1.807) is 6.20 Å². The third-order valence-electron chi connectivity index (χ3n) is 4.39. The number of nitrogens with two attached hydrogens (primary N) is 1. The van der Waals surface area contributed by atoms with Crippen molar-refractivity contribution in [1.82, 2.24) is 19.9 Å². The molecule has 1 amide bonds. The fourth-order valence-corrected chi connectivity index (χ4v) is 2.64. The minimum atomic E-state index is -0.355. The van der Waals surface area contributed by atoms with Crippen LogP contribution in [0.3, 0.4) is 0 Å². The molecule has 20 heavy (non-hydrogen) atoms. The largest absolute Gasteiger partial charge is 0.341 e. The van der Waals surface area contributed by atoms with Gasteiger partial charge in [-0.1, -0.05) is 25.5 Å². The maximum Gasteiger partial charge on any atom is 0.239 e. The molecular formula is C14H25N5O. The van der Waals surface area contributed by atoms with E-state index in [2.05, 4.69) is 17.2 Å². The summed E-state index contributed by atoms with van der Waals surface area (Å²) >= 11 is 0. The normalized spacial score (nSPS) is 19.9. The Labute approximate surface area is 120 Å². The van der Waals surface area contributed by atoms with Gasteiger partial charge in [0.1, 0.15) is 0 Å². The summed E-state index contributed by atoms with van der Waals surface area (Å²) in [5, 5.41) is 7.81. The zero-order valence-electron chi connectivity index (χ0n) is 12.4. The van der Waals surface area contributed by atoms with Gasteiger partial charge in [-0.15, -0.1) is 5.10 Å². The lowest BCUT2D eigenvalue weighted by molar-refractivity contribution is -0.135. The van der Waals surface area contributed by atoms with Crippen molar-refractivity contribution < 1.29 is 4.79 Å². The van der Waals surface area contributed by atoms with Crippen LogP contribution in [0.5, 0.6) is 0 Å². The molecule has 1 saturated heterocycles. The van der Waals surface area contributed by atoms with Crippen molar-refractivity contribution >= 4 is 5.91 Å². The van der Waals surface area contributed by atoms with Gasteiger partial charge >= 0.3 is 0 Å². The molecule has 0 spiro atoms. The molecule has 0 radical (unpaired) electrons. The molecule has 1 aliphatic heterocycles. The van der Waals surface area contributed by atoms with Crippen LogP contribution in [0.1, 0.15) is 33.1 Å². The number of aromatic nitrogens is 3. The molecule has 2 N–H and O–H groups in total. The predicted octanol–water partition coefficient (Wildman–Crippen LogP) is 0.890. The Hall–Kier alpha value is -1.43. The van der Waals surface area contributed by atoms with Crippen LogP contribution in [0.15, 0.2) is 12.4 Å². The van der Waals surface area contributed by atoms with E-state index in [4.69, 9.17) is 5.73 Å². The van der Waals surface area contributed by atoms with E-state index in [0.29, 0.717) is 5.92 Å². The molecule has 1 aromatic heterocycles. The van der Waals surface area contributed by atoms with E-state index in [1.807, 2.05) is 22.7 Å². The second-order valence-electron chi connectivity index (χ2n) is 5.81. The average Bonchev–Trinajstić information content (AvgIpc) is 2.98. The Morgan fingerprint density at radius 2 is 2.15 bits per heavy atom. The number of likely N-dealkylation sites (tertiary alicyclic amines) is 1. The summed E-state index contributed by atoms with van der Waals surface area (Å²) in [5.41, 5.74) is 6.03. The van der Waals surface area contributed by atoms with Gasteiger partial charge in [0.15, 0.2) is 0 Å². The van der Waals surface area contributed by atoms with Crippen LogP contribution in [0, 0.1) is 11.8 Å². The van der Waals surface area contributed by atoms with Crippen LogP contribution in [-0.4, -0.2) is 44.9 Å². The highest BCUT2D eigenvalue weighted by Crippen LogP contribution is 2.20. The lowest BCUT2D eigenvalue weighted by Crippen LogP contribution is -2.49. The van der Waals surface area contributed by atoms with Crippen LogP contribution in [0.25, 0.3) is 0 Å². The van der Waals surface area contributed by atoms with Crippen LogP contribution >= 0.6 is 0 Å². The third kappa shape index (κ3) is 3.56. The molecule has 0 bridgehead atoms. The molecule has 1 fully saturated rings. The van der Waals surface area contributed by atoms with Gasteiger partial charge in [0.2, 0.25) is 5.91 Å². The molecule has 0 saturated carbocycles. The molecule has 6 heteroatoms. The highest BCUT2D eigenvalue weighted by molar-refractivity contribution is 5.82. The molecule has 0 unspecified atom stereocenters. The Morgan fingerprint density at radius 3 is 2.70 bits per heavy atom. The molecule has 0 aromatic carbocycles. The molecule has 112 valence electrons. The molecule has 2 atom stereocenters. The van der Waals surface area contributed by atoms with Crippen LogP contribution in [-0.2, 0) is 11.3 Å². The summed E-state index contributed by atoms with van der Waals surface area (Å²) < 4.78 is 1.87. The Morgan fingerprint density at radius 1 is 1.45 bits per heavy atom. The molecule has 1 aromatic rings. The van der Waals surface area contributed by atoms with E-state index in [9.17, 15) is 4.79 Å². The van der Waals surface area contributed by atoms with Crippen molar-refractivity contribution in [3.05, 3.63) is 12.4 Å². The minimum Gasteiger partial charge on any atom is -0.341 e. The van der Waals surface area contributed by atoms with Gasteiger partial charge in [0, 0.05) is 25.8 Å². The first-order valence-electron chi connectivity index (χ1n) is 7.50.